The summed E-state index contributed by atoms with van der Waals surface area (Å²) in [5, 5.41) is 2.90. The molecule has 4 heteroatoms. The number of amides is 1. The van der Waals surface area contributed by atoms with Crippen LogP contribution in [0.15, 0.2) is 43.0 Å². The Morgan fingerprint density at radius 1 is 1.21 bits per heavy atom. The minimum atomic E-state index is 0.0439. The van der Waals surface area contributed by atoms with Crippen LogP contribution in [0.4, 0.5) is 0 Å². The Morgan fingerprint density at radius 2 is 2.00 bits per heavy atom. The van der Waals surface area contributed by atoms with E-state index in [0.717, 1.165) is 17.5 Å². The minimum absolute atomic E-state index is 0.0439. The first-order chi connectivity index (χ1) is 9.24. The first-order valence-corrected chi connectivity index (χ1v) is 6.30. The highest BCUT2D eigenvalue weighted by Crippen LogP contribution is 2.04. The molecule has 1 amide bonds. The van der Waals surface area contributed by atoms with Gasteiger partial charge in [-0.3, -0.25) is 4.79 Å². The van der Waals surface area contributed by atoms with Crippen molar-refractivity contribution in [3.05, 3.63) is 59.7 Å². The summed E-state index contributed by atoms with van der Waals surface area (Å²) in [6.07, 6.45) is 6.20. The van der Waals surface area contributed by atoms with Crippen LogP contribution in [0.1, 0.15) is 16.7 Å². The Balaban J connectivity index is 1.76. The monoisotopic (exact) mass is 255 g/mol. The van der Waals surface area contributed by atoms with E-state index in [9.17, 15) is 4.79 Å². The van der Waals surface area contributed by atoms with Gasteiger partial charge >= 0.3 is 0 Å². The van der Waals surface area contributed by atoms with Crippen molar-refractivity contribution in [1.29, 1.82) is 0 Å². The van der Waals surface area contributed by atoms with Crippen LogP contribution in [0, 0.1) is 6.92 Å². The molecule has 2 aromatic rings. The topological polar surface area (TPSA) is 54.9 Å². The zero-order valence-corrected chi connectivity index (χ0v) is 11.0. The van der Waals surface area contributed by atoms with Gasteiger partial charge in [0.05, 0.1) is 6.42 Å². The van der Waals surface area contributed by atoms with Crippen LogP contribution in [0.2, 0.25) is 0 Å². The molecule has 0 aliphatic heterocycles. The quantitative estimate of drug-likeness (QED) is 0.884. The van der Waals surface area contributed by atoms with Gasteiger partial charge in [0.1, 0.15) is 6.33 Å². The molecule has 0 spiro atoms. The number of hydrogen-bond donors (Lipinski definition) is 1. The lowest BCUT2D eigenvalue weighted by Gasteiger charge is -2.05. The summed E-state index contributed by atoms with van der Waals surface area (Å²) in [5.74, 6) is 0.0439. The first kappa shape index (κ1) is 13.2. The van der Waals surface area contributed by atoms with Gasteiger partial charge in [-0.05, 0) is 24.5 Å². The number of aromatic nitrogens is 2. The lowest BCUT2D eigenvalue weighted by atomic mass is 10.1. The van der Waals surface area contributed by atoms with E-state index < -0.39 is 0 Å². The third-order valence-corrected chi connectivity index (χ3v) is 2.80. The maximum absolute atomic E-state index is 11.8. The Hall–Kier alpha value is -2.23. The molecule has 0 radical (unpaired) electrons. The maximum atomic E-state index is 11.8. The third-order valence-electron chi connectivity index (χ3n) is 2.80. The average molecular weight is 255 g/mol. The van der Waals surface area contributed by atoms with Gasteiger partial charge in [-0.15, -0.1) is 0 Å². The van der Waals surface area contributed by atoms with Crippen molar-refractivity contribution in [2.45, 2.75) is 19.8 Å². The largest absolute Gasteiger partial charge is 0.355 e. The van der Waals surface area contributed by atoms with E-state index in [0.29, 0.717) is 13.0 Å². The van der Waals surface area contributed by atoms with E-state index in [2.05, 4.69) is 15.3 Å². The van der Waals surface area contributed by atoms with E-state index in [1.54, 1.807) is 12.4 Å². The van der Waals surface area contributed by atoms with Gasteiger partial charge in [0.2, 0.25) is 5.91 Å². The van der Waals surface area contributed by atoms with Crippen molar-refractivity contribution in [3.63, 3.8) is 0 Å². The number of carbonyl (C=O) groups excluding carboxylic acids is 1. The molecule has 0 fully saturated rings. The summed E-state index contributed by atoms with van der Waals surface area (Å²) in [4.78, 5) is 19.6. The molecule has 19 heavy (non-hydrogen) atoms. The summed E-state index contributed by atoms with van der Waals surface area (Å²) in [5.41, 5.74) is 3.24. The molecule has 0 aliphatic carbocycles. The van der Waals surface area contributed by atoms with Crippen molar-refractivity contribution in [1.82, 2.24) is 15.3 Å². The molecule has 1 N–H and O–H groups in total. The van der Waals surface area contributed by atoms with Gasteiger partial charge in [-0.25, -0.2) is 9.97 Å². The second-order valence-corrected chi connectivity index (χ2v) is 4.51. The van der Waals surface area contributed by atoms with Crippen LogP contribution in [0.3, 0.4) is 0 Å². The van der Waals surface area contributed by atoms with Gasteiger partial charge in [-0.2, -0.15) is 0 Å². The molecule has 0 atom stereocenters. The maximum Gasteiger partial charge on any atom is 0.224 e. The molecule has 1 heterocycles. The van der Waals surface area contributed by atoms with Crippen molar-refractivity contribution in [2.24, 2.45) is 0 Å². The molecular formula is C15H17N3O. The highest BCUT2D eigenvalue weighted by Gasteiger charge is 2.03. The van der Waals surface area contributed by atoms with Gasteiger partial charge < -0.3 is 5.32 Å². The third kappa shape index (κ3) is 4.50. The fourth-order valence-corrected chi connectivity index (χ4v) is 1.88. The van der Waals surface area contributed by atoms with Gasteiger partial charge in [0, 0.05) is 18.9 Å². The summed E-state index contributed by atoms with van der Waals surface area (Å²) < 4.78 is 0. The normalized spacial score (nSPS) is 10.2. The molecule has 1 aromatic heterocycles. The first-order valence-electron chi connectivity index (χ1n) is 6.30. The molecule has 0 bridgehead atoms. The highest BCUT2D eigenvalue weighted by molar-refractivity contribution is 5.78. The molecule has 0 aliphatic rings. The van der Waals surface area contributed by atoms with Gasteiger partial charge in [0.25, 0.3) is 0 Å². The van der Waals surface area contributed by atoms with Crippen molar-refractivity contribution in [3.8, 4) is 0 Å². The number of aryl methyl sites for hydroxylation is 1. The molecule has 1 aromatic carbocycles. The molecule has 0 unspecified atom stereocenters. The SMILES string of the molecule is Cc1cccc(CC(=O)NCCc2cncnc2)c1. The molecule has 4 nitrogen and oxygen atoms in total. The van der Waals surface area contributed by atoms with Crippen LogP contribution in [-0.4, -0.2) is 22.4 Å². The van der Waals surface area contributed by atoms with Crippen LogP contribution in [-0.2, 0) is 17.6 Å². The van der Waals surface area contributed by atoms with E-state index in [1.807, 2.05) is 31.2 Å². The molecular weight excluding hydrogens is 238 g/mol. The number of nitrogens with one attached hydrogen (secondary N) is 1. The lowest BCUT2D eigenvalue weighted by Crippen LogP contribution is -2.27. The van der Waals surface area contributed by atoms with Crippen LogP contribution in [0.5, 0.6) is 0 Å². The molecule has 0 saturated heterocycles. The fraction of sp³-hybridized carbons (Fsp3) is 0.267. The van der Waals surface area contributed by atoms with E-state index in [4.69, 9.17) is 0 Å². The molecule has 2 rings (SSSR count). The number of nitrogens with zero attached hydrogens (tertiary/aromatic N) is 2. The number of carbonyl (C=O) groups is 1. The number of hydrogen-bond acceptors (Lipinski definition) is 3. The van der Waals surface area contributed by atoms with Crippen LogP contribution in [0.25, 0.3) is 0 Å². The minimum Gasteiger partial charge on any atom is -0.355 e. The number of rotatable bonds is 5. The predicted octanol–water partition coefficient (Wildman–Crippen LogP) is 1.69. The van der Waals surface area contributed by atoms with Gasteiger partial charge in [0.15, 0.2) is 0 Å². The summed E-state index contributed by atoms with van der Waals surface area (Å²) >= 11 is 0. The van der Waals surface area contributed by atoms with E-state index in [-0.39, 0.29) is 5.91 Å². The second kappa shape index (κ2) is 6.64. The molecule has 98 valence electrons. The summed E-state index contributed by atoms with van der Waals surface area (Å²) in [6.45, 7) is 2.63. The summed E-state index contributed by atoms with van der Waals surface area (Å²) in [7, 11) is 0. The van der Waals surface area contributed by atoms with Gasteiger partial charge in [-0.1, -0.05) is 29.8 Å². The zero-order chi connectivity index (χ0) is 13.5. The Bertz CT molecular complexity index is 540. The average Bonchev–Trinajstić information content (AvgIpc) is 2.40. The lowest BCUT2D eigenvalue weighted by molar-refractivity contribution is -0.120. The van der Waals surface area contributed by atoms with Crippen molar-refractivity contribution < 1.29 is 4.79 Å². The zero-order valence-electron chi connectivity index (χ0n) is 11.0. The molecule has 0 saturated carbocycles. The second-order valence-electron chi connectivity index (χ2n) is 4.51. The van der Waals surface area contributed by atoms with E-state index in [1.165, 1.54) is 11.9 Å². The Labute approximate surface area is 112 Å². The van der Waals surface area contributed by atoms with E-state index >= 15 is 0 Å². The predicted molar refractivity (Wildman–Crippen MR) is 73.6 cm³/mol. The highest BCUT2D eigenvalue weighted by atomic mass is 16.1. The van der Waals surface area contributed by atoms with Crippen LogP contribution < -0.4 is 5.32 Å². The number of benzene rings is 1. The standard InChI is InChI=1S/C15H17N3O/c1-12-3-2-4-13(7-12)8-15(19)18-6-5-14-9-16-11-17-10-14/h2-4,7,9-11H,5-6,8H2,1H3,(H,18,19). The Morgan fingerprint density at radius 3 is 2.74 bits per heavy atom. The van der Waals surface area contributed by atoms with Crippen molar-refractivity contribution in [2.75, 3.05) is 6.54 Å². The van der Waals surface area contributed by atoms with Crippen molar-refractivity contribution >= 4 is 5.91 Å². The fourth-order valence-electron chi connectivity index (χ4n) is 1.88. The Kier molecular flexibility index (Phi) is 4.61. The van der Waals surface area contributed by atoms with Crippen LogP contribution >= 0.6 is 0 Å². The smallest absolute Gasteiger partial charge is 0.224 e. The summed E-state index contributed by atoms with van der Waals surface area (Å²) in [6, 6.07) is 8.00.